The second-order valence-electron chi connectivity index (χ2n) is 12.8. The zero-order chi connectivity index (χ0) is 34.6. The summed E-state index contributed by atoms with van der Waals surface area (Å²) in [5, 5.41) is 11.0. The number of aromatic amines is 1. The molecule has 1 unspecified atom stereocenters. The van der Waals surface area contributed by atoms with Gasteiger partial charge in [0.15, 0.2) is 11.5 Å². The number of imidazole rings is 1. The summed E-state index contributed by atoms with van der Waals surface area (Å²) in [6, 6.07) is 8.00. The second-order valence-corrected chi connectivity index (χ2v) is 12.8. The van der Waals surface area contributed by atoms with E-state index in [4.69, 9.17) is 22.1 Å². The molecule has 0 saturated carbocycles. The van der Waals surface area contributed by atoms with E-state index in [0.717, 1.165) is 70.1 Å². The van der Waals surface area contributed by atoms with Gasteiger partial charge in [-0.25, -0.2) is 10.7 Å². The van der Waals surface area contributed by atoms with Crippen molar-refractivity contribution in [1.29, 1.82) is 0 Å². The van der Waals surface area contributed by atoms with Crippen LogP contribution in [0.3, 0.4) is 0 Å². The minimum atomic E-state index is -0.510. The number of unbranched alkanes of at least 4 members (excludes halogenated alkanes) is 2. The maximum Gasteiger partial charge on any atom is 0.328 e. The highest BCUT2D eigenvalue weighted by molar-refractivity contribution is 5.82. The Morgan fingerprint density at radius 3 is 2.59 bits per heavy atom. The maximum atomic E-state index is 12.8. The van der Waals surface area contributed by atoms with Crippen LogP contribution < -0.4 is 33.1 Å². The third-order valence-corrected chi connectivity index (χ3v) is 8.99. The van der Waals surface area contributed by atoms with Crippen LogP contribution in [-0.2, 0) is 35.9 Å². The van der Waals surface area contributed by atoms with E-state index in [1.165, 1.54) is 5.56 Å². The first-order valence-corrected chi connectivity index (χ1v) is 17.3. The van der Waals surface area contributed by atoms with Crippen LogP contribution in [0.4, 0.5) is 5.82 Å². The van der Waals surface area contributed by atoms with Gasteiger partial charge >= 0.3 is 11.7 Å². The third-order valence-electron chi connectivity index (χ3n) is 8.99. The highest BCUT2D eigenvalue weighted by Gasteiger charge is 2.21. The van der Waals surface area contributed by atoms with Crippen LogP contribution in [0.2, 0.25) is 0 Å². The Bertz CT molecular complexity index is 1680. The van der Waals surface area contributed by atoms with Gasteiger partial charge in [-0.05, 0) is 75.1 Å². The first kappa shape index (κ1) is 35.9. The summed E-state index contributed by atoms with van der Waals surface area (Å²) in [5.74, 6) is 5.75. The number of hydrogen-bond donors (Lipinski definition) is 5. The average Bonchev–Trinajstić information content (AvgIpc) is 3.68. The van der Waals surface area contributed by atoms with Crippen molar-refractivity contribution in [3.05, 3.63) is 57.8 Å². The first-order valence-electron chi connectivity index (χ1n) is 17.3. The summed E-state index contributed by atoms with van der Waals surface area (Å²) in [7, 11) is 0. The van der Waals surface area contributed by atoms with Gasteiger partial charge in [-0.2, -0.15) is 9.97 Å². The van der Waals surface area contributed by atoms with Gasteiger partial charge in [0.2, 0.25) is 5.91 Å². The van der Waals surface area contributed by atoms with Crippen molar-refractivity contribution < 1.29 is 14.4 Å². The molecule has 1 aliphatic rings. The summed E-state index contributed by atoms with van der Waals surface area (Å²) >= 11 is 0. The molecule has 8 N–H and O–H groups in total. The summed E-state index contributed by atoms with van der Waals surface area (Å²) in [4.78, 5) is 43.7. The fourth-order valence-corrected chi connectivity index (χ4v) is 6.07. The minimum absolute atomic E-state index is 0.0860. The highest BCUT2D eigenvalue weighted by Crippen LogP contribution is 2.22. The standard InChI is InChI=1S/C33H50N12O4/c1-2-3-18-48-32-39-29(35)28-30(40-32)45(33(47)38-28)20-25-9-7-24(8-10-25)19-43-16-12-23(13-17-43)11-14-37-31(46)27(34)6-4-5-15-44-21-26(22-49-36)41-42-44/h7-10,21,23,27H,2-6,11-20,22,34,36H2,1H3,(H,37,46)(H,38,47)(H2,35,39,40). The van der Waals surface area contributed by atoms with Crippen molar-refractivity contribution in [1.82, 2.24) is 44.7 Å². The molecule has 0 radical (unpaired) electrons. The van der Waals surface area contributed by atoms with Crippen molar-refractivity contribution in [2.45, 2.75) is 90.6 Å². The quantitative estimate of drug-likeness (QED) is 0.0708. The van der Waals surface area contributed by atoms with Gasteiger partial charge < -0.3 is 26.5 Å². The van der Waals surface area contributed by atoms with E-state index in [9.17, 15) is 9.59 Å². The summed E-state index contributed by atoms with van der Waals surface area (Å²) in [6.45, 7) is 7.40. The fraction of sp³-hybridized carbons (Fsp3) is 0.576. The first-order chi connectivity index (χ1) is 23.8. The molecule has 49 heavy (non-hydrogen) atoms. The van der Waals surface area contributed by atoms with E-state index < -0.39 is 6.04 Å². The van der Waals surface area contributed by atoms with E-state index in [1.807, 2.05) is 0 Å². The molecule has 1 saturated heterocycles. The number of carbonyl (C=O) groups excluding carboxylic acids is 1. The van der Waals surface area contributed by atoms with Gasteiger partial charge in [0, 0.05) is 19.6 Å². The summed E-state index contributed by atoms with van der Waals surface area (Å²) < 4.78 is 8.95. The van der Waals surface area contributed by atoms with Crippen LogP contribution in [0.1, 0.15) is 75.1 Å². The van der Waals surface area contributed by atoms with Gasteiger partial charge in [0.25, 0.3) is 0 Å². The predicted molar refractivity (Wildman–Crippen MR) is 185 cm³/mol. The molecule has 1 amide bonds. The number of piperidine rings is 1. The van der Waals surface area contributed by atoms with Gasteiger partial charge in [0.05, 0.1) is 25.4 Å². The van der Waals surface area contributed by atoms with Gasteiger partial charge in [-0.1, -0.05) is 42.8 Å². The molecule has 4 heterocycles. The Hall–Kier alpha value is -4.38. The maximum absolute atomic E-state index is 12.8. The second kappa shape index (κ2) is 17.9. The van der Waals surface area contributed by atoms with E-state index in [2.05, 4.69) is 71.5 Å². The number of aromatic nitrogens is 7. The Morgan fingerprint density at radius 2 is 1.86 bits per heavy atom. The lowest BCUT2D eigenvalue weighted by Crippen LogP contribution is -2.41. The highest BCUT2D eigenvalue weighted by atomic mass is 16.6. The fourth-order valence-electron chi connectivity index (χ4n) is 6.07. The number of anilines is 1. The number of ether oxygens (including phenoxy) is 1. The molecule has 1 atom stereocenters. The molecule has 0 aliphatic carbocycles. The average molecular weight is 679 g/mol. The normalized spacial score (nSPS) is 14.8. The van der Waals surface area contributed by atoms with Crippen LogP contribution in [0.5, 0.6) is 6.01 Å². The lowest BCUT2D eigenvalue weighted by atomic mass is 9.93. The number of likely N-dealkylation sites (tertiary alicyclic amines) is 1. The Morgan fingerprint density at radius 1 is 1.10 bits per heavy atom. The number of rotatable bonds is 19. The number of aryl methyl sites for hydroxylation is 1. The molecule has 1 aliphatic heterocycles. The number of carbonyl (C=O) groups is 1. The molecule has 1 fully saturated rings. The molecule has 0 spiro atoms. The molecule has 4 aromatic rings. The zero-order valence-corrected chi connectivity index (χ0v) is 28.4. The van der Waals surface area contributed by atoms with Crippen LogP contribution >= 0.6 is 0 Å². The molecule has 3 aromatic heterocycles. The third kappa shape index (κ3) is 10.3. The van der Waals surface area contributed by atoms with Crippen LogP contribution in [0.15, 0.2) is 35.3 Å². The molecular weight excluding hydrogens is 628 g/mol. The van der Waals surface area contributed by atoms with Crippen molar-refractivity contribution in [3.8, 4) is 6.01 Å². The van der Waals surface area contributed by atoms with Gasteiger partial charge in [-0.3, -0.25) is 23.8 Å². The zero-order valence-electron chi connectivity index (χ0n) is 28.4. The number of amides is 1. The van der Waals surface area contributed by atoms with Gasteiger partial charge in [0.1, 0.15) is 17.8 Å². The number of nitrogens with two attached hydrogens (primary N) is 3. The molecule has 266 valence electrons. The Labute approximate surface area is 285 Å². The van der Waals surface area contributed by atoms with Crippen molar-refractivity contribution in [2.75, 3.05) is 32.0 Å². The number of hydrogen-bond acceptors (Lipinski definition) is 12. The van der Waals surface area contributed by atoms with Crippen LogP contribution in [0.25, 0.3) is 11.2 Å². The number of nitrogen functional groups attached to an aromatic ring is 1. The molecule has 16 nitrogen and oxygen atoms in total. The number of nitrogens with one attached hydrogen (secondary N) is 2. The Kier molecular flexibility index (Phi) is 13.1. The number of benzene rings is 1. The van der Waals surface area contributed by atoms with Crippen molar-refractivity contribution in [3.63, 3.8) is 0 Å². The molecule has 1 aromatic carbocycles. The van der Waals surface area contributed by atoms with E-state index in [-0.39, 0.29) is 30.0 Å². The molecule has 5 rings (SSSR count). The number of fused-ring (bicyclic) bond motifs is 1. The lowest BCUT2D eigenvalue weighted by Gasteiger charge is -2.32. The van der Waals surface area contributed by atoms with E-state index in [0.29, 0.717) is 55.4 Å². The number of nitrogens with zero attached hydrogens (tertiary/aromatic N) is 7. The monoisotopic (exact) mass is 678 g/mol. The summed E-state index contributed by atoms with van der Waals surface area (Å²) in [5.41, 5.74) is 15.7. The lowest BCUT2D eigenvalue weighted by molar-refractivity contribution is -0.122. The van der Waals surface area contributed by atoms with Crippen molar-refractivity contribution in [2.24, 2.45) is 17.5 Å². The SMILES string of the molecule is CCCCOc1nc(N)c2[nH]c(=O)n(Cc3ccc(CN4CCC(CCNC(=O)C(N)CCCCn5cc(CON)nn5)CC4)cc3)c2n1. The van der Waals surface area contributed by atoms with E-state index >= 15 is 0 Å². The molecule has 0 bridgehead atoms. The minimum Gasteiger partial charge on any atom is -0.463 e. The largest absolute Gasteiger partial charge is 0.463 e. The summed E-state index contributed by atoms with van der Waals surface area (Å²) in [6.07, 6.45) is 9.12. The van der Waals surface area contributed by atoms with Crippen molar-refractivity contribution >= 4 is 22.9 Å². The number of H-pyrrole nitrogens is 1. The Balaban J connectivity index is 0.992. The van der Waals surface area contributed by atoms with Crippen LogP contribution in [-0.4, -0.2) is 77.6 Å². The van der Waals surface area contributed by atoms with Crippen LogP contribution in [0, 0.1) is 5.92 Å². The van der Waals surface area contributed by atoms with Gasteiger partial charge in [-0.15, -0.1) is 5.10 Å². The topological polar surface area (TPSA) is 223 Å². The molecule has 16 heteroatoms. The van der Waals surface area contributed by atoms with E-state index in [1.54, 1.807) is 15.4 Å². The molecular formula is C33H50N12O4. The predicted octanol–water partition coefficient (Wildman–Crippen LogP) is 1.83. The smallest absolute Gasteiger partial charge is 0.328 e.